The Labute approximate surface area is 206 Å². The first-order chi connectivity index (χ1) is 16.9. The fraction of sp³-hybridized carbons (Fsp3) is 0.308. The van der Waals surface area contributed by atoms with E-state index in [1.165, 1.54) is 4.31 Å². The predicted octanol–water partition coefficient (Wildman–Crippen LogP) is 4.07. The van der Waals surface area contributed by atoms with Gasteiger partial charge in [-0.3, -0.25) is 0 Å². The molecule has 0 saturated heterocycles. The van der Waals surface area contributed by atoms with Crippen LogP contribution in [0.15, 0.2) is 59.5 Å². The minimum atomic E-state index is -3.86. The molecule has 1 aliphatic rings. The van der Waals surface area contributed by atoms with Crippen molar-refractivity contribution in [3.8, 4) is 28.7 Å². The fourth-order valence-electron chi connectivity index (χ4n) is 4.43. The number of hydrogen-bond acceptors (Lipinski definition) is 7. The van der Waals surface area contributed by atoms with Crippen LogP contribution in [0.25, 0.3) is 0 Å². The Balaban J connectivity index is 1.91. The molecule has 4 rings (SSSR count). The second kappa shape index (κ2) is 10.1. The van der Waals surface area contributed by atoms with E-state index in [1.54, 1.807) is 65.9 Å². The van der Waals surface area contributed by atoms with E-state index in [1.807, 2.05) is 24.3 Å². The Morgan fingerprint density at radius 1 is 0.714 bits per heavy atom. The van der Waals surface area contributed by atoms with Gasteiger partial charge in [-0.25, -0.2) is 8.42 Å². The van der Waals surface area contributed by atoms with Crippen molar-refractivity contribution in [2.75, 3.05) is 42.1 Å². The summed E-state index contributed by atoms with van der Waals surface area (Å²) in [5.41, 5.74) is 2.55. The summed E-state index contributed by atoms with van der Waals surface area (Å²) in [6.45, 7) is 0.288. The van der Waals surface area contributed by atoms with Gasteiger partial charge in [-0.2, -0.15) is 4.31 Å². The second-order valence-electron chi connectivity index (χ2n) is 7.96. The smallest absolute Gasteiger partial charge is 0.243 e. The number of benzene rings is 3. The van der Waals surface area contributed by atoms with Gasteiger partial charge in [-0.15, -0.1) is 0 Å². The molecule has 9 heteroatoms. The molecule has 35 heavy (non-hydrogen) atoms. The van der Waals surface area contributed by atoms with Crippen LogP contribution in [0, 0.1) is 0 Å². The summed E-state index contributed by atoms with van der Waals surface area (Å²) in [4.78, 5) is 0.188. The monoisotopic (exact) mass is 499 g/mol. The molecular weight excluding hydrogens is 470 g/mol. The van der Waals surface area contributed by atoms with Gasteiger partial charge in [0.25, 0.3) is 0 Å². The summed E-state index contributed by atoms with van der Waals surface area (Å²) in [6.07, 6.45) is 0.523. The Bertz CT molecular complexity index is 1310. The number of nitrogens with zero attached hydrogens (tertiary/aromatic N) is 1. The molecule has 0 bridgehead atoms. The minimum Gasteiger partial charge on any atom is -0.497 e. The van der Waals surface area contributed by atoms with Gasteiger partial charge in [-0.1, -0.05) is 6.07 Å². The first-order valence-electron chi connectivity index (χ1n) is 11.0. The third-order valence-electron chi connectivity index (χ3n) is 6.22. The van der Waals surface area contributed by atoms with Gasteiger partial charge >= 0.3 is 0 Å². The third kappa shape index (κ3) is 4.49. The molecule has 0 fully saturated rings. The summed E-state index contributed by atoms with van der Waals surface area (Å²) >= 11 is 0. The van der Waals surface area contributed by atoms with Crippen molar-refractivity contribution in [2.45, 2.75) is 17.4 Å². The number of ether oxygens (including phenoxy) is 5. The molecule has 8 nitrogen and oxygen atoms in total. The van der Waals surface area contributed by atoms with Crippen molar-refractivity contribution in [2.24, 2.45) is 0 Å². The summed E-state index contributed by atoms with van der Waals surface area (Å²) in [5.74, 6) is 2.79. The van der Waals surface area contributed by atoms with Crippen molar-refractivity contribution >= 4 is 10.0 Å². The maximum absolute atomic E-state index is 13.9. The maximum Gasteiger partial charge on any atom is 0.243 e. The van der Waals surface area contributed by atoms with Gasteiger partial charge in [-0.05, 0) is 71.6 Å². The van der Waals surface area contributed by atoms with Crippen LogP contribution in [0.1, 0.15) is 22.7 Å². The number of rotatable bonds is 8. The van der Waals surface area contributed by atoms with E-state index in [2.05, 4.69) is 0 Å². The number of fused-ring (bicyclic) bond motifs is 1. The molecular formula is C26H29NO7S. The van der Waals surface area contributed by atoms with Gasteiger partial charge in [0.2, 0.25) is 10.0 Å². The lowest BCUT2D eigenvalue weighted by molar-refractivity contribution is 0.328. The van der Waals surface area contributed by atoms with Crippen LogP contribution in [-0.4, -0.2) is 54.8 Å². The topological polar surface area (TPSA) is 83.5 Å². The van der Waals surface area contributed by atoms with Crippen LogP contribution in [0.2, 0.25) is 0 Å². The molecule has 0 saturated carbocycles. The normalized spacial score (nSPS) is 15.7. The van der Waals surface area contributed by atoms with Crippen molar-refractivity contribution in [3.63, 3.8) is 0 Å². The molecule has 0 unspecified atom stereocenters. The molecule has 1 heterocycles. The minimum absolute atomic E-state index is 0.188. The zero-order chi connectivity index (χ0) is 25.2. The van der Waals surface area contributed by atoms with Gasteiger partial charge in [0.05, 0.1) is 46.5 Å². The van der Waals surface area contributed by atoms with E-state index in [9.17, 15) is 8.42 Å². The lowest BCUT2D eigenvalue weighted by Crippen LogP contribution is -2.40. The van der Waals surface area contributed by atoms with E-state index < -0.39 is 16.1 Å². The van der Waals surface area contributed by atoms with Gasteiger partial charge in [0.15, 0.2) is 23.0 Å². The highest BCUT2D eigenvalue weighted by Gasteiger charge is 2.38. The highest BCUT2D eigenvalue weighted by Crippen LogP contribution is 2.44. The fourth-order valence-corrected chi connectivity index (χ4v) is 6.03. The number of hydrogen-bond donors (Lipinski definition) is 0. The molecule has 3 aromatic carbocycles. The average molecular weight is 500 g/mol. The Morgan fingerprint density at radius 2 is 1.31 bits per heavy atom. The maximum atomic E-state index is 13.9. The third-order valence-corrected chi connectivity index (χ3v) is 8.10. The highest BCUT2D eigenvalue weighted by atomic mass is 32.2. The van der Waals surface area contributed by atoms with Crippen LogP contribution < -0.4 is 23.7 Å². The summed E-state index contributed by atoms with van der Waals surface area (Å²) in [6, 6.07) is 15.0. The van der Waals surface area contributed by atoms with Gasteiger partial charge < -0.3 is 23.7 Å². The quantitative estimate of drug-likeness (QED) is 0.462. The van der Waals surface area contributed by atoms with Crippen molar-refractivity contribution in [1.82, 2.24) is 4.31 Å². The molecule has 0 N–H and O–H groups in total. The first-order valence-corrected chi connectivity index (χ1v) is 12.4. The lowest BCUT2D eigenvalue weighted by Gasteiger charge is -2.37. The van der Waals surface area contributed by atoms with E-state index in [0.717, 1.165) is 16.7 Å². The number of sulfonamides is 1. The van der Waals surface area contributed by atoms with Crippen molar-refractivity contribution in [1.29, 1.82) is 0 Å². The molecule has 0 aromatic heterocycles. The highest BCUT2D eigenvalue weighted by molar-refractivity contribution is 7.89. The van der Waals surface area contributed by atoms with E-state index in [-0.39, 0.29) is 11.4 Å². The van der Waals surface area contributed by atoms with Gasteiger partial charge in [0, 0.05) is 6.54 Å². The zero-order valence-electron chi connectivity index (χ0n) is 20.4. The molecule has 3 aromatic rings. The Hall–Kier alpha value is -3.43. The standard InChI is InChI=1S/C26H29NO7S/c1-30-19-7-9-20(10-8-19)35(28,29)27-13-12-17-14-24(33-4)25(34-5)16-21(17)26(27)18-6-11-22(31-2)23(15-18)32-3/h6-11,14-16,26H,12-13H2,1-5H3/t26-/m0/s1. The summed E-state index contributed by atoms with van der Waals surface area (Å²) in [7, 11) is 3.93. The first kappa shape index (κ1) is 24.7. The molecule has 0 spiro atoms. The van der Waals surface area contributed by atoms with Gasteiger partial charge in [0.1, 0.15) is 5.75 Å². The van der Waals surface area contributed by atoms with Crippen molar-refractivity contribution in [3.05, 3.63) is 71.3 Å². The summed E-state index contributed by atoms with van der Waals surface area (Å²) < 4.78 is 56.5. The molecule has 1 atom stereocenters. The Kier molecular flexibility index (Phi) is 7.09. The SMILES string of the molecule is COc1ccc(S(=O)(=O)N2CCc3cc(OC)c(OC)cc3[C@@H]2c2ccc(OC)c(OC)c2)cc1. The number of methoxy groups -OCH3 is 5. The van der Waals surface area contributed by atoms with E-state index in [0.29, 0.717) is 35.2 Å². The van der Waals surface area contributed by atoms with Crippen LogP contribution in [0.3, 0.4) is 0 Å². The van der Waals surface area contributed by atoms with Crippen LogP contribution in [0.5, 0.6) is 28.7 Å². The van der Waals surface area contributed by atoms with Crippen LogP contribution >= 0.6 is 0 Å². The Morgan fingerprint density at radius 3 is 1.91 bits per heavy atom. The van der Waals surface area contributed by atoms with Crippen LogP contribution in [-0.2, 0) is 16.4 Å². The average Bonchev–Trinajstić information content (AvgIpc) is 2.90. The molecule has 0 radical (unpaired) electrons. The molecule has 1 aliphatic heterocycles. The van der Waals surface area contributed by atoms with E-state index >= 15 is 0 Å². The molecule has 186 valence electrons. The predicted molar refractivity (Wildman–Crippen MR) is 132 cm³/mol. The molecule has 0 amide bonds. The largest absolute Gasteiger partial charge is 0.497 e. The lowest BCUT2D eigenvalue weighted by atomic mass is 9.89. The summed E-state index contributed by atoms with van der Waals surface area (Å²) in [5, 5.41) is 0. The zero-order valence-corrected chi connectivity index (χ0v) is 21.2. The van der Waals surface area contributed by atoms with Crippen LogP contribution in [0.4, 0.5) is 0 Å². The second-order valence-corrected chi connectivity index (χ2v) is 9.85. The van der Waals surface area contributed by atoms with E-state index in [4.69, 9.17) is 23.7 Å². The molecule has 0 aliphatic carbocycles. The van der Waals surface area contributed by atoms with Crippen molar-refractivity contribution < 1.29 is 32.1 Å².